The molecule has 0 spiro atoms. The van der Waals surface area contributed by atoms with E-state index in [4.69, 9.17) is 16.9 Å². The highest BCUT2D eigenvalue weighted by Crippen LogP contribution is 2.13. The Morgan fingerprint density at radius 2 is 2.27 bits per heavy atom. The van der Waals surface area contributed by atoms with E-state index in [1.165, 1.54) is 12.1 Å². The molecule has 0 aliphatic carbocycles. The van der Waals surface area contributed by atoms with Gasteiger partial charge in [-0.05, 0) is 12.1 Å². The van der Waals surface area contributed by atoms with E-state index in [9.17, 15) is 8.78 Å². The number of anilines is 1. The molecule has 15 heavy (non-hydrogen) atoms. The molecule has 0 aromatic carbocycles. The molecule has 80 valence electrons. The molecule has 0 atom stereocenters. The lowest BCUT2D eigenvalue weighted by molar-refractivity contribution is 0.142. The number of hydrogen-bond acceptors (Lipinski definition) is 3. The number of aromatic nitrogens is 1. The summed E-state index contributed by atoms with van der Waals surface area (Å²) in [4.78, 5) is 3.84. The third kappa shape index (κ3) is 4.09. The quantitative estimate of drug-likeness (QED) is 0.811. The first kappa shape index (κ1) is 11.7. The fourth-order valence-electron chi connectivity index (χ4n) is 0.961. The topological polar surface area (TPSA) is 48.7 Å². The molecule has 1 aromatic rings. The summed E-state index contributed by atoms with van der Waals surface area (Å²) < 4.78 is 23.6. The molecule has 1 heterocycles. The lowest BCUT2D eigenvalue weighted by Gasteiger charge is -2.05. The summed E-state index contributed by atoms with van der Waals surface area (Å²) in [5, 5.41) is 11.4. The molecule has 0 unspecified atom stereocenters. The van der Waals surface area contributed by atoms with Crippen molar-refractivity contribution in [3.63, 3.8) is 0 Å². The number of nitrogens with zero attached hydrogens (tertiary/aromatic N) is 2. The molecule has 0 bridgehead atoms. The largest absolute Gasteiger partial charge is 0.370 e. The van der Waals surface area contributed by atoms with Crippen LogP contribution < -0.4 is 5.32 Å². The Morgan fingerprint density at radius 3 is 2.87 bits per heavy atom. The van der Waals surface area contributed by atoms with Gasteiger partial charge in [0.2, 0.25) is 6.43 Å². The smallest absolute Gasteiger partial charge is 0.240 e. The van der Waals surface area contributed by atoms with E-state index in [-0.39, 0.29) is 18.1 Å². The van der Waals surface area contributed by atoms with Crippen molar-refractivity contribution in [2.24, 2.45) is 0 Å². The van der Waals surface area contributed by atoms with Crippen molar-refractivity contribution in [2.45, 2.75) is 12.8 Å². The zero-order chi connectivity index (χ0) is 11.3. The zero-order valence-corrected chi connectivity index (χ0v) is 8.43. The Bertz CT molecular complexity index is 376. The fraction of sp³-hybridized carbons (Fsp3) is 0.333. The maximum absolute atomic E-state index is 11.8. The van der Waals surface area contributed by atoms with Crippen molar-refractivity contribution in [3.05, 3.63) is 22.8 Å². The van der Waals surface area contributed by atoms with Crippen LogP contribution >= 0.6 is 11.6 Å². The van der Waals surface area contributed by atoms with Crippen molar-refractivity contribution in [2.75, 3.05) is 11.9 Å². The molecule has 0 saturated carbocycles. The fourth-order valence-corrected chi connectivity index (χ4v) is 1.17. The number of nitriles is 1. The maximum Gasteiger partial charge on any atom is 0.240 e. The van der Waals surface area contributed by atoms with E-state index in [2.05, 4.69) is 10.3 Å². The number of hydrogen-bond donors (Lipinski definition) is 1. The van der Waals surface area contributed by atoms with Gasteiger partial charge in [0.05, 0.1) is 11.6 Å². The van der Waals surface area contributed by atoms with Crippen LogP contribution in [0.2, 0.25) is 5.15 Å². The Labute approximate surface area is 90.7 Å². The monoisotopic (exact) mass is 231 g/mol. The van der Waals surface area contributed by atoms with Crippen LogP contribution in [0.15, 0.2) is 12.1 Å². The number of nitrogens with one attached hydrogen (secondary N) is 1. The highest BCUT2D eigenvalue weighted by molar-refractivity contribution is 6.29. The summed E-state index contributed by atoms with van der Waals surface area (Å²) in [6.45, 7) is 0.0931. The van der Waals surface area contributed by atoms with Gasteiger partial charge in [-0.2, -0.15) is 5.26 Å². The van der Waals surface area contributed by atoms with E-state index < -0.39 is 6.43 Å². The molecule has 0 amide bonds. The van der Waals surface area contributed by atoms with Gasteiger partial charge < -0.3 is 5.32 Å². The van der Waals surface area contributed by atoms with Crippen molar-refractivity contribution in [1.82, 2.24) is 4.98 Å². The number of rotatable bonds is 4. The molecular weight excluding hydrogens is 224 g/mol. The first-order valence-electron chi connectivity index (χ1n) is 4.21. The molecule has 6 heteroatoms. The third-order valence-corrected chi connectivity index (χ3v) is 1.79. The second kappa shape index (κ2) is 5.47. The van der Waals surface area contributed by atoms with Crippen molar-refractivity contribution in [1.29, 1.82) is 5.26 Å². The minimum Gasteiger partial charge on any atom is -0.370 e. The lowest BCUT2D eigenvalue weighted by atomic mass is 10.3. The highest BCUT2D eigenvalue weighted by Gasteiger charge is 2.03. The highest BCUT2D eigenvalue weighted by atomic mass is 35.5. The van der Waals surface area contributed by atoms with Crippen LogP contribution in [0.3, 0.4) is 0 Å². The second-order valence-electron chi connectivity index (χ2n) is 2.78. The Hall–Kier alpha value is -1.41. The van der Waals surface area contributed by atoms with Crippen LogP contribution in [-0.2, 0) is 0 Å². The number of halogens is 3. The average Bonchev–Trinajstić information content (AvgIpc) is 2.16. The van der Waals surface area contributed by atoms with E-state index in [0.717, 1.165) is 0 Å². The van der Waals surface area contributed by atoms with Crippen LogP contribution in [0, 0.1) is 11.3 Å². The first-order valence-corrected chi connectivity index (χ1v) is 4.59. The predicted molar refractivity (Wildman–Crippen MR) is 53.1 cm³/mol. The van der Waals surface area contributed by atoms with Crippen molar-refractivity contribution in [3.8, 4) is 6.07 Å². The number of alkyl halides is 2. The zero-order valence-electron chi connectivity index (χ0n) is 7.67. The van der Waals surface area contributed by atoms with E-state index in [1.807, 2.05) is 6.07 Å². The Kier molecular flexibility index (Phi) is 4.25. The van der Waals surface area contributed by atoms with Gasteiger partial charge in [0.1, 0.15) is 11.0 Å². The Balaban J connectivity index is 2.61. The molecule has 3 nitrogen and oxygen atoms in total. The summed E-state index contributed by atoms with van der Waals surface area (Å²) in [5.41, 5.74) is 0.342. The van der Waals surface area contributed by atoms with Crippen LogP contribution in [0.1, 0.15) is 12.0 Å². The van der Waals surface area contributed by atoms with Crippen LogP contribution in [0.25, 0.3) is 0 Å². The van der Waals surface area contributed by atoms with Gasteiger partial charge in [-0.1, -0.05) is 11.6 Å². The molecule has 0 fully saturated rings. The summed E-state index contributed by atoms with van der Waals surface area (Å²) in [7, 11) is 0. The summed E-state index contributed by atoms with van der Waals surface area (Å²) in [6, 6.07) is 4.75. The molecule has 0 aliphatic heterocycles. The minimum absolute atomic E-state index is 0.0931. The summed E-state index contributed by atoms with van der Waals surface area (Å²) in [5.74, 6) is 0.333. The van der Waals surface area contributed by atoms with Crippen LogP contribution in [-0.4, -0.2) is 18.0 Å². The first-order chi connectivity index (χ1) is 7.11. The van der Waals surface area contributed by atoms with Gasteiger partial charge in [0.25, 0.3) is 0 Å². The molecule has 1 N–H and O–H groups in total. The summed E-state index contributed by atoms with van der Waals surface area (Å²) >= 11 is 5.62. The van der Waals surface area contributed by atoms with Gasteiger partial charge in [-0.25, -0.2) is 13.8 Å². The molecular formula is C9H8ClF2N3. The van der Waals surface area contributed by atoms with E-state index in [0.29, 0.717) is 11.4 Å². The van der Waals surface area contributed by atoms with Gasteiger partial charge in [-0.15, -0.1) is 0 Å². The molecule has 1 aromatic heterocycles. The van der Waals surface area contributed by atoms with Crippen LogP contribution in [0.4, 0.5) is 14.6 Å². The van der Waals surface area contributed by atoms with Crippen molar-refractivity contribution >= 4 is 17.4 Å². The van der Waals surface area contributed by atoms with Gasteiger partial charge >= 0.3 is 0 Å². The van der Waals surface area contributed by atoms with E-state index >= 15 is 0 Å². The standard InChI is InChI=1S/C9H8ClF2N3/c10-7-3-6(5-13)4-9(15-7)14-2-1-8(11)12/h3-4,8H,1-2H2,(H,14,15). The number of pyridine rings is 1. The molecule has 0 aliphatic rings. The normalized spacial score (nSPS) is 10.1. The average molecular weight is 232 g/mol. The third-order valence-electron chi connectivity index (χ3n) is 1.59. The van der Waals surface area contributed by atoms with Gasteiger partial charge in [0.15, 0.2) is 0 Å². The van der Waals surface area contributed by atoms with Crippen LogP contribution in [0.5, 0.6) is 0 Å². The van der Waals surface area contributed by atoms with Gasteiger partial charge in [-0.3, -0.25) is 0 Å². The molecule has 1 rings (SSSR count). The molecule has 0 saturated heterocycles. The van der Waals surface area contributed by atoms with Gasteiger partial charge in [0, 0.05) is 13.0 Å². The summed E-state index contributed by atoms with van der Waals surface area (Å²) in [6.07, 6.45) is -2.62. The Morgan fingerprint density at radius 1 is 1.53 bits per heavy atom. The minimum atomic E-state index is -2.35. The predicted octanol–water partition coefficient (Wildman–Crippen LogP) is 2.67. The van der Waals surface area contributed by atoms with E-state index in [1.54, 1.807) is 0 Å². The second-order valence-corrected chi connectivity index (χ2v) is 3.17. The lowest BCUT2D eigenvalue weighted by Crippen LogP contribution is -2.07. The maximum atomic E-state index is 11.8. The van der Waals surface area contributed by atoms with Crippen molar-refractivity contribution < 1.29 is 8.78 Å². The molecule has 0 radical (unpaired) electrons. The SMILES string of the molecule is N#Cc1cc(Cl)nc(NCCC(F)F)c1.